The standard InChI is InChI=1S/C22H25Cl3N4O2/c1-14-4-3-5-19(15(14)2)26-21(30)12-28-6-8-29(9-7-28)13-22(31)27-20-11-17(24)16(23)10-18(20)25/h3-5,10-11H,6-9,12-13H2,1-2H3,(H,26,30)(H,27,31). The lowest BCUT2D eigenvalue weighted by Crippen LogP contribution is -2.50. The van der Waals surface area contributed by atoms with Crippen LogP contribution in [0.3, 0.4) is 0 Å². The van der Waals surface area contributed by atoms with Crippen LogP contribution in [0.1, 0.15) is 11.1 Å². The number of hydrogen-bond acceptors (Lipinski definition) is 4. The molecule has 1 fully saturated rings. The minimum absolute atomic E-state index is 0.0332. The molecule has 0 bridgehead atoms. The number of hydrogen-bond donors (Lipinski definition) is 2. The van der Waals surface area contributed by atoms with Gasteiger partial charge in [-0.05, 0) is 43.2 Å². The number of carbonyl (C=O) groups excluding carboxylic acids is 2. The number of piperazine rings is 1. The van der Waals surface area contributed by atoms with Crippen LogP contribution in [0.25, 0.3) is 0 Å². The third-order valence-electron chi connectivity index (χ3n) is 5.36. The fourth-order valence-electron chi connectivity index (χ4n) is 3.40. The first-order chi connectivity index (χ1) is 14.7. The Bertz CT molecular complexity index is 975. The summed E-state index contributed by atoms with van der Waals surface area (Å²) in [5, 5.41) is 6.76. The monoisotopic (exact) mass is 482 g/mol. The molecule has 1 aliphatic heterocycles. The summed E-state index contributed by atoms with van der Waals surface area (Å²) < 4.78 is 0. The second kappa shape index (κ2) is 10.7. The van der Waals surface area contributed by atoms with Crippen molar-refractivity contribution in [1.29, 1.82) is 0 Å². The van der Waals surface area contributed by atoms with Gasteiger partial charge in [0.2, 0.25) is 11.8 Å². The maximum atomic E-state index is 12.4. The molecule has 3 rings (SSSR count). The van der Waals surface area contributed by atoms with Gasteiger partial charge in [0.1, 0.15) is 0 Å². The van der Waals surface area contributed by atoms with Gasteiger partial charge in [-0.2, -0.15) is 0 Å². The van der Waals surface area contributed by atoms with E-state index in [4.69, 9.17) is 34.8 Å². The molecular weight excluding hydrogens is 459 g/mol. The highest BCUT2D eigenvalue weighted by atomic mass is 35.5. The molecule has 1 aliphatic rings. The Morgan fingerprint density at radius 2 is 1.32 bits per heavy atom. The second-order valence-electron chi connectivity index (χ2n) is 7.64. The SMILES string of the molecule is Cc1cccc(NC(=O)CN2CCN(CC(=O)Nc3cc(Cl)c(Cl)cc3Cl)CC2)c1C. The van der Waals surface area contributed by atoms with Gasteiger partial charge in [-0.25, -0.2) is 0 Å². The highest BCUT2D eigenvalue weighted by Gasteiger charge is 2.21. The van der Waals surface area contributed by atoms with Crippen LogP contribution in [-0.4, -0.2) is 60.9 Å². The number of aryl methyl sites for hydroxylation is 1. The van der Waals surface area contributed by atoms with Crippen molar-refractivity contribution in [1.82, 2.24) is 9.80 Å². The van der Waals surface area contributed by atoms with Crippen molar-refractivity contribution >= 4 is 58.0 Å². The summed E-state index contributed by atoms with van der Waals surface area (Å²) in [5.74, 6) is -0.212. The molecule has 0 atom stereocenters. The molecule has 2 N–H and O–H groups in total. The van der Waals surface area contributed by atoms with Crippen LogP contribution < -0.4 is 10.6 Å². The first-order valence-corrected chi connectivity index (χ1v) is 11.1. The van der Waals surface area contributed by atoms with E-state index in [-0.39, 0.29) is 18.4 Å². The Hall–Kier alpha value is -1.83. The summed E-state index contributed by atoms with van der Waals surface area (Å²) in [4.78, 5) is 28.9. The highest BCUT2D eigenvalue weighted by Crippen LogP contribution is 2.32. The van der Waals surface area contributed by atoms with Crippen molar-refractivity contribution in [2.75, 3.05) is 49.9 Å². The van der Waals surface area contributed by atoms with Crippen LogP contribution in [-0.2, 0) is 9.59 Å². The largest absolute Gasteiger partial charge is 0.325 e. The van der Waals surface area contributed by atoms with E-state index in [2.05, 4.69) is 15.5 Å². The zero-order chi connectivity index (χ0) is 22.5. The van der Waals surface area contributed by atoms with Crippen LogP contribution in [0.5, 0.6) is 0 Å². The lowest BCUT2D eigenvalue weighted by Gasteiger charge is -2.33. The van der Waals surface area contributed by atoms with Gasteiger partial charge >= 0.3 is 0 Å². The minimum Gasteiger partial charge on any atom is -0.325 e. The third kappa shape index (κ3) is 6.57. The zero-order valence-electron chi connectivity index (χ0n) is 17.5. The molecule has 166 valence electrons. The van der Waals surface area contributed by atoms with E-state index in [1.807, 2.05) is 36.9 Å². The molecule has 0 aliphatic carbocycles. The Kier molecular flexibility index (Phi) is 8.19. The van der Waals surface area contributed by atoms with E-state index >= 15 is 0 Å². The quantitative estimate of drug-likeness (QED) is 0.596. The smallest absolute Gasteiger partial charge is 0.238 e. The van der Waals surface area contributed by atoms with Gasteiger partial charge in [0.15, 0.2) is 0 Å². The van der Waals surface area contributed by atoms with Gasteiger partial charge < -0.3 is 10.6 Å². The van der Waals surface area contributed by atoms with Crippen LogP contribution in [0.4, 0.5) is 11.4 Å². The summed E-state index contributed by atoms with van der Waals surface area (Å²) in [6.07, 6.45) is 0. The van der Waals surface area contributed by atoms with Gasteiger partial charge in [-0.1, -0.05) is 46.9 Å². The molecule has 9 heteroatoms. The van der Waals surface area contributed by atoms with Crippen LogP contribution in [0.2, 0.25) is 15.1 Å². The predicted molar refractivity (Wildman–Crippen MR) is 128 cm³/mol. The van der Waals surface area contributed by atoms with Crippen molar-refractivity contribution in [2.24, 2.45) is 0 Å². The Balaban J connectivity index is 1.44. The Labute approximate surface area is 197 Å². The molecule has 0 unspecified atom stereocenters. The fourth-order valence-corrected chi connectivity index (χ4v) is 3.99. The van der Waals surface area contributed by atoms with E-state index in [0.717, 1.165) is 16.8 Å². The van der Waals surface area contributed by atoms with Crippen molar-refractivity contribution in [3.63, 3.8) is 0 Å². The number of halogens is 3. The van der Waals surface area contributed by atoms with Crippen molar-refractivity contribution in [2.45, 2.75) is 13.8 Å². The minimum atomic E-state index is -0.179. The van der Waals surface area contributed by atoms with E-state index in [1.165, 1.54) is 12.1 Å². The third-order valence-corrected chi connectivity index (χ3v) is 6.40. The average Bonchev–Trinajstić information content (AvgIpc) is 2.71. The predicted octanol–water partition coefficient (Wildman–Crippen LogP) is 4.46. The van der Waals surface area contributed by atoms with E-state index in [1.54, 1.807) is 0 Å². The molecular formula is C22H25Cl3N4O2. The van der Waals surface area contributed by atoms with Crippen LogP contribution in [0, 0.1) is 13.8 Å². The van der Waals surface area contributed by atoms with Crippen molar-refractivity contribution < 1.29 is 9.59 Å². The van der Waals surface area contributed by atoms with Crippen LogP contribution in [0.15, 0.2) is 30.3 Å². The number of rotatable bonds is 6. The molecule has 0 saturated carbocycles. The van der Waals surface area contributed by atoms with Gasteiger partial charge in [-0.15, -0.1) is 0 Å². The summed E-state index contributed by atoms with van der Waals surface area (Å²) in [6.45, 7) is 7.39. The van der Waals surface area contributed by atoms with Crippen molar-refractivity contribution in [3.8, 4) is 0 Å². The summed E-state index contributed by atoms with van der Waals surface area (Å²) >= 11 is 18.0. The van der Waals surface area contributed by atoms with Gasteiger partial charge in [0.05, 0.1) is 33.8 Å². The normalized spacial score (nSPS) is 15.0. The molecule has 2 amide bonds. The van der Waals surface area contributed by atoms with E-state index in [9.17, 15) is 9.59 Å². The lowest BCUT2D eigenvalue weighted by atomic mass is 10.1. The molecule has 1 saturated heterocycles. The van der Waals surface area contributed by atoms with Gasteiger partial charge in [-0.3, -0.25) is 19.4 Å². The molecule has 0 radical (unpaired) electrons. The molecule has 31 heavy (non-hydrogen) atoms. The van der Waals surface area contributed by atoms with Gasteiger partial charge in [0.25, 0.3) is 0 Å². The Morgan fingerprint density at radius 1 is 0.806 bits per heavy atom. The number of nitrogens with zero attached hydrogens (tertiary/aromatic N) is 2. The first-order valence-electron chi connectivity index (χ1n) is 9.98. The molecule has 2 aromatic rings. The van der Waals surface area contributed by atoms with Crippen LogP contribution >= 0.6 is 34.8 Å². The summed E-state index contributed by atoms with van der Waals surface area (Å²) in [7, 11) is 0. The number of anilines is 2. The molecule has 0 spiro atoms. The lowest BCUT2D eigenvalue weighted by molar-refractivity contribution is -0.120. The topological polar surface area (TPSA) is 64.7 Å². The number of nitrogens with one attached hydrogen (secondary N) is 2. The summed E-state index contributed by atoms with van der Waals surface area (Å²) in [5.41, 5.74) is 3.50. The van der Waals surface area contributed by atoms with Gasteiger partial charge in [0, 0.05) is 31.9 Å². The molecule has 0 aromatic heterocycles. The number of amides is 2. The highest BCUT2D eigenvalue weighted by molar-refractivity contribution is 6.44. The zero-order valence-corrected chi connectivity index (χ0v) is 19.7. The molecule has 2 aromatic carbocycles. The maximum absolute atomic E-state index is 12.4. The average molecular weight is 484 g/mol. The number of benzene rings is 2. The Morgan fingerprint density at radius 3 is 1.90 bits per heavy atom. The maximum Gasteiger partial charge on any atom is 0.238 e. The summed E-state index contributed by atoms with van der Waals surface area (Å²) in [6, 6.07) is 8.92. The number of carbonyl (C=O) groups is 2. The second-order valence-corrected chi connectivity index (χ2v) is 8.86. The molecule has 1 heterocycles. The molecule has 6 nitrogen and oxygen atoms in total. The van der Waals surface area contributed by atoms with E-state index in [0.29, 0.717) is 53.5 Å². The van der Waals surface area contributed by atoms with E-state index < -0.39 is 0 Å². The fraction of sp³-hybridized carbons (Fsp3) is 0.364. The van der Waals surface area contributed by atoms with Crippen molar-refractivity contribution in [3.05, 3.63) is 56.5 Å². The first kappa shape index (κ1) is 23.8.